The van der Waals surface area contributed by atoms with E-state index in [-0.39, 0.29) is 24.6 Å². The molecule has 27 heavy (non-hydrogen) atoms. The molecule has 0 radical (unpaired) electrons. The number of nitrogens with two attached hydrogens (primary N) is 1. The van der Waals surface area contributed by atoms with Crippen molar-refractivity contribution in [3.8, 4) is 0 Å². The van der Waals surface area contributed by atoms with E-state index in [4.69, 9.17) is 17.3 Å². The van der Waals surface area contributed by atoms with Crippen LogP contribution in [0, 0.1) is 0 Å². The molecule has 9 heteroatoms. The van der Waals surface area contributed by atoms with Crippen LogP contribution in [-0.2, 0) is 21.2 Å². The third-order valence-electron chi connectivity index (χ3n) is 3.70. The molecule has 1 amide bonds. The Balaban J connectivity index is 0.00000364. The van der Waals surface area contributed by atoms with Crippen molar-refractivity contribution in [1.82, 2.24) is 0 Å². The summed E-state index contributed by atoms with van der Waals surface area (Å²) in [5, 5.41) is 6.34. The van der Waals surface area contributed by atoms with Crippen LogP contribution in [0.1, 0.15) is 12.0 Å². The summed E-state index contributed by atoms with van der Waals surface area (Å²) in [7, 11) is -3.16. The van der Waals surface area contributed by atoms with E-state index in [0.29, 0.717) is 17.3 Å². The number of carbonyl (C=O) groups is 1. The highest BCUT2D eigenvalue weighted by molar-refractivity contribution is 7.90. The van der Waals surface area contributed by atoms with E-state index in [9.17, 15) is 13.2 Å². The molecular formula is C18H23Cl2N3O3S. The standard InChI is InChI=1S/C18H22ClN3O3S.ClH/c1-26(24,25)10-9-16(20)18(23)22-14-7-8-17(15(19)11-14)21-12-13-5-3-2-4-6-13;/h2-8,11,16,21H,9-10,12,20H2,1H3,(H,22,23);1H. The van der Waals surface area contributed by atoms with Crippen LogP contribution >= 0.6 is 24.0 Å². The number of hydrogen-bond donors (Lipinski definition) is 3. The van der Waals surface area contributed by atoms with Gasteiger partial charge in [-0.25, -0.2) is 8.42 Å². The first-order valence-corrected chi connectivity index (χ1v) is 10.5. The molecule has 2 aromatic rings. The Kier molecular flexibility index (Phi) is 9.05. The molecule has 0 bridgehead atoms. The lowest BCUT2D eigenvalue weighted by molar-refractivity contribution is -0.117. The number of hydrogen-bond acceptors (Lipinski definition) is 5. The predicted octanol–water partition coefficient (Wildman–Crippen LogP) is 3.07. The molecule has 0 aliphatic rings. The number of halogens is 2. The second-order valence-corrected chi connectivity index (χ2v) is 8.72. The van der Waals surface area contributed by atoms with E-state index in [0.717, 1.165) is 17.5 Å². The van der Waals surface area contributed by atoms with Gasteiger partial charge in [0.15, 0.2) is 0 Å². The summed E-state index contributed by atoms with van der Waals surface area (Å²) in [5.74, 6) is -0.584. The highest BCUT2D eigenvalue weighted by Crippen LogP contribution is 2.26. The maximum atomic E-state index is 12.0. The van der Waals surface area contributed by atoms with E-state index < -0.39 is 21.8 Å². The average Bonchev–Trinajstić information content (AvgIpc) is 2.59. The van der Waals surface area contributed by atoms with Gasteiger partial charge < -0.3 is 16.4 Å². The quantitative estimate of drug-likeness (QED) is 0.595. The molecule has 0 aliphatic carbocycles. The maximum Gasteiger partial charge on any atom is 0.241 e. The van der Waals surface area contributed by atoms with Gasteiger partial charge in [0, 0.05) is 18.5 Å². The molecule has 2 aromatic carbocycles. The second-order valence-electron chi connectivity index (χ2n) is 6.05. The van der Waals surface area contributed by atoms with E-state index in [2.05, 4.69) is 10.6 Å². The molecule has 0 aromatic heterocycles. The highest BCUT2D eigenvalue weighted by atomic mass is 35.5. The first kappa shape index (κ1) is 23.2. The molecule has 2 rings (SSSR count). The lowest BCUT2D eigenvalue weighted by Gasteiger charge is -2.14. The van der Waals surface area contributed by atoms with Crippen LogP contribution in [-0.4, -0.2) is 32.4 Å². The third kappa shape index (κ3) is 8.17. The number of sulfone groups is 1. The van der Waals surface area contributed by atoms with Gasteiger partial charge in [0.25, 0.3) is 0 Å². The van der Waals surface area contributed by atoms with Gasteiger partial charge in [0.2, 0.25) is 5.91 Å². The Morgan fingerprint density at radius 2 is 1.85 bits per heavy atom. The molecule has 0 saturated carbocycles. The van der Waals surface area contributed by atoms with E-state index >= 15 is 0 Å². The SMILES string of the molecule is CS(=O)(=O)CCC(N)C(=O)Nc1ccc(NCc2ccccc2)c(Cl)c1.Cl. The predicted molar refractivity (Wildman–Crippen MR) is 113 cm³/mol. The zero-order valence-corrected chi connectivity index (χ0v) is 17.2. The van der Waals surface area contributed by atoms with Gasteiger partial charge >= 0.3 is 0 Å². The summed E-state index contributed by atoms with van der Waals surface area (Å²) >= 11 is 6.26. The van der Waals surface area contributed by atoms with Crippen molar-refractivity contribution in [2.45, 2.75) is 19.0 Å². The van der Waals surface area contributed by atoms with Gasteiger partial charge in [0.05, 0.1) is 22.5 Å². The topological polar surface area (TPSA) is 101 Å². The Morgan fingerprint density at radius 3 is 2.44 bits per heavy atom. The average molecular weight is 432 g/mol. The molecule has 6 nitrogen and oxygen atoms in total. The number of benzene rings is 2. The molecule has 4 N–H and O–H groups in total. The van der Waals surface area contributed by atoms with Gasteiger partial charge in [-0.1, -0.05) is 41.9 Å². The van der Waals surface area contributed by atoms with Crippen molar-refractivity contribution < 1.29 is 13.2 Å². The van der Waals surface area contributed by atoms with E-state index in [1.54, 1.807) is 18.2 Å². The largest absolute Gasteiger partial charge is 0.380 e. The maximum absolute atomic E-state index is 12.0. The van der Waals surface area contributed by atoms with Crippen molar-refractivity contribution in [1.29, 1.82) is 0 Å². The molecule has 0 saturated heterocycles. The van der Waals surface area contributed by atoms with Crippen molar-refractivity contribution in [3.05, 3.63) is 59.1 Å². The van der Waals surface area contributed by atoms with Gasteiger partial charge in [-0.2, -0.15) is 0 Å². The van der Waals surface area contributed by atoms with Crippen LogP contribution in [0.5, 0.6) is 0 Å². The molecular weight excluding hydrogens is 409 g/mol. The first-order chi connectivity index (χ1) is 12.2. The Bertz CT molecular complexity index is 861. The first-order valence-electron chi connectivity index (χ1n) is 8.06. The molecule has 0 fully saturated rings. The lowest BCUT2D eigenvalue weighted by Crippen LogP contribution is -2.37. The molecule has 148 valence electrons. The zero-order chi connectivity index (χ0) is 19.2. The fraction of sp³-hybridized carbons (Fsp3) is 0.278. The van der Waals surface area contributed by atoms with Gasteiger partial charge in [0.1, 0.15) is 9.84 Å². The van der Waals surface area contributed by atoms with Crippen molar-refractivity contribution in [3.63, 3.8) is 0 Å². The van der Waals surface area contributed by atoms with Crippen LogP contribution in [0.3, 0.4) is 0 Å². The molecule has 0 spiro atoms. The second kappa shape index (κ2) is 10.5. The highest BCUT2D eigenvalue weighted by Gasteiger charge is 2.16. The Labute approximate surface area is 170 Å². The summed E-state index contributed by atoms with van der Waals surface area (Å²) < 4.78 is 22.3. The summed E-state index contributed by atoms with van der Waals surface area (Å²) in [6.07, 6.45) is 1.17. The van der Waals surface area contributed by atoms with Crippen LogP contribution in [0.25, 0.3) is 0 Å². The third-order valence-corrected chi connectivity index (χ3v) is 4.99. The molecule has 0 heterocycles. The summed E-state index contributed by atoms with van der Waals surface area (Å²) in [6, 6.07) is 14.1. The smallest absolute Gasteiger partial charge is 0.241 e. The lowest BCUT2D eigenvalue weighted by atomic mass is 10.2. The number of carbonyl (C=O) groups excluding carboxylic acids is 1. The normalized spacial score (nSPS) is 12.0. The Hall–Kier alpha value is -1.80. The fourth-order valence-corrected chi connectivity index (χ4v) is 3.17. The van der Waals surface area contributed by atoms with E-state index in [1.165, 1.54) is 0 Å². The summed E-state index contributed by atoms with van der Waals surface area (Å²) in [4.78, 5) is 12.0. The van der Waals surface area contributed by atoms with Gasteiger partial charge in [-0.05, 0) is 30.2 Å². The van der Waals surface area contributed by atoms with Crippen molar-refractivity contribution in [2.75, 3.05) is 22.6 Å². The van der Waals surface area contributed by atoms with Crippen LogP contribution in [0.4, 0.5) is 11.4 Å². The van der Waals surface area contributed by atoms with Crippen LogP contribution < -0.4 is 16.4 Å². The number of nitrogens with one attached hydrogen (secondary N) is 2. The van der Waals surface area contributed by atoms with Gasteiger partial charge in [-0.3, -0.25) is 4.79 Å². The number of amides is 1. The molecule has 1 unspecified atom stereocenters. The van der Waals surface area contributed by atoms with Crippen molar-refractivity contribution in [2.24, 2.45) is 5.73 Å². The van der Waals surface area contributed by atoms with Crippen molar-refractivity contribution >= 4 is 51.1 Å². The molecule has 0 aliphatic heterocycles. The minimum Gasteiger partial charge on any atom is -0.380 e. The number of rotatable bonds is 8. The number of anilines is 2. The van der Waals surface area contributed by atoms with Gasteiger partial charge in [-0.15, -0.1) is 12.4 Å². The summed E-state index contributed by atoms with van der Waals surface area (Å²) in [5.41, 5.74) is 8.10. The van der Waals surface area contributed by atoms with Crippen LogP contribution in [0.15, 0.2) is 48.5 Å². The molecule has 1 atom stereocenters. The minimum atomic E-state index is -3.16. The van der Waals surface area contributed by atoms with Crippen LogP contribution in [0.2, 0.25) is 5.02 Å². The summed E-state index contributed by atoms with van der Waals surface area (Å²) in [6.45, 7) is 0.628. The zero-order valence-electron chi connectivity index (χ0n) is 14.8. The van der Waals surface area contributed by atoms with E-state index in [1.807, 2.05) is 30.3 Å². The minimum absolute atomic E-state index is 0. The Morgan fingerprint density at radius 1 is 1.19 bits per heavy atom. The fourth-order valence-electron chi connectivity index (χ4n) is 2.24. The monoisotopic (exact) mass is 431 g/mol.